The zero-order valence-corrected chi connectivity index (χ0v) is 61.6. The van der Waals surface area contributed by atoms with E-state index < -0.39 is 145 Å². The Hall–Kier alpha value is -7.75. The Bertz CT molecular complexity index is 2100. The van der Waals surface area contributed by atoms with Crippen molar-refractivity contribution < 1.29 is 208 Å². The molecule has 0 aromatic carbocycles. The minimum absolute atomic E-state index is 0. The molecule has 0 atom stereocenters. The van der Waals surface area contributed by atoms with Gasteiger partial charge in [0, 0.05) is 150 Å². The van der Waals surface area contributed by atoms with Crippen LogP contribution in [0.1, 0.15) is 261 Å². The molecule has 0 aromatic heterocycles. The van der Waals surface area contributed by atoms with Crippen molar-refractivity contribution in [2.45, 2.75) is 261 Å². The van der Waals surface area contributed by atoms with Crippen molar-refractivity contribution in [2.24, 2.45) is 0 Å². The smallest absolute Gasteiger partial charge is 0.550 e. The summed E-state index contributed by atoms with van der Waals surface area (Å²) in [6.07, 6.45) is 0.615. The molecule has 0 aromatic rings. The van der Waals surface area contributed by atoms with Crippen LogP contribution in [-0.2, 0) is 167 Å². The average molecular weight is 1550 g/mol. The van der Waals surface area contributed by atoms with E-state index in [1.54, 1.807) is 0 Å². The van der Waals surface area contributed by atoms with Gasteiger partial charge < -0.3 is 79.2 Å². The number of carboxylic acid groups (broad SMARTS) is 8. The molecule has 0 fully saturated rings. The largest absolute Gasteiger partial charge is 4.00 e. The summed E-state index contributed by atoms with van der Waals surface area (Å²) in [7, 11) is 0. The quantitative estimate of drug-likeness (QED) is 0.0519. The molecule has 0 spiro atoms. The molecule has 34 heteroatoms. The van der Waals surface area contributed by atoms with E-state index >= 15 is 0 Å². The first-order valence-corrected chi connectivity index (χ1v) is 30.3. The molecule has 0 radical (unpaired) electrons. The second-order valence-corrected chi connectivity index (χ2v) is 20.4. The summed E-state index contributed by atoms with van der Waals surface area (Å²) in [5, 5.41) is 79.2. The maximum Gasteiger partial charge on any atom is 4.00 e. The molecule has 0 saturated heterocycles. The van der Waals surface area contributed by atoms with Gasteiger partial charge in [0.25, 0.3) is 0 Å². The number of aliphatic carboxylic acids is 8. The Morgan fingerprint density at radius 2 is 0.214 bits per heavy atom. The second kappa shape index (κ2) is 75.0. The van der Waals surface area contributed by atoms with E-state index in [1.165, 1.54) is 0 Å². The molecule has 0 aliphatic carbocycles. The topological polar surface area (TPSA) is 594 Å². The molecule has 0 N–H and O–H groups in total. The molecule has 544 valence electrons. The van der Waals surface area contributed by atoms with E-state index in [0.717, 1.165) is 0 Å². The van der Waals surface area contributed by atoms with E-state index in [0.29, 0.717) is 103 Å². The summed E-state index contributed by atoms with van der Waals surface area (Å²) >= 11 is 0. The van der Waals surface area contributed by atoms with Gasteiger partial charge in [0.15, 0.2) is 0 Å². The molecule has 0 amide bonds. The van der Waals surface area contributed by atoms with Crippen LogP contribution in [0.5, 0.6) is 0 Å². The maximum absolute atomic E-state index is 10.8. The predicted molar refractivity (Wildman–Crippen MR) is 313 cm³/mol. The summed E-state index contributed by atoms with van der Waals surface area (Å²) in [5.74, 6) is -17.7. The molecule has 0 aliphatic heterocycles. The number of carboxylic acids is 8. The number of rotatable bonds is 48. The summed E-state index contributed by atoms with van der Waals surface area (Å²) in [4.78, 5) is 251. The molecule has 98 heavy (non-hydrogen) atoms. The fourth-order valence-electron chi connectivity index (χ4n) is 6.49. The maximum atomic E-state index is 10.8. The summed E-state index contributed by atoms with van der Waals surface area (Å²) in [5.41, 5.74) is 0. The molecule has 0 heterocycles. The van der Waals surface area contributed by atoms with E-state index in [-0.39, 0.29) is 150 Å². The van der Waals surface area contributed by atoms with Crippen LogP contribution in [0.2, 0.25) is 0 Å². The van der Waals surface area contributed by atoms with Gasteiger partial charge in [0.1, 0.15) is 92.5 Å². The molecule has 32 nitrogen and oxygen atoms in total. The zero-order valence-electron chi connectivity index (χ0n) is 56.7. The Morgan fingerprint density at radius 1 is 0.143 bits per heavy atom. The summed E-state index contributed by atoms with van der Waals surface area (Å²) in [6, 6.07) is 0. The third kappa shape index (κ3) is 104. The van der Waals surface area contributed by atoms with Crippen LogP contribution in [0.3, 0.4) is 0 Å². The number of hydrogen-bond acceptors (Lipinski definition) is 32. The number of carbonyl (C=O) groups excluding carboxylic acids is 24. The van der Waals surface area contributed by atoms with Gasteiger partial charge in [-0.2, -0.15) is 0 Å². The average Bonchev–Trinajstić information content (AvgIpc) is 2.69. The third-order valence-corrected chi connectivity index (χ3v) is 10.1. The first-order chi connectivity index (χ1) is 44.5. The van der Waals surface area contributed by atoms with Crippen molar-refractivity contribution in [3.05, 3.63) is 0 Å². The Labute approximate surface area is 605 Å². The third-order valence-electron chi connectivity index (χ3n) is 10.1. The van der Waals surface area contributed by atoms with Crippen LogP contribution in [0.15, 0.2) is 0 Å². The van der Waals surface area contributed by atoms with Gasteiger partial charge in [-0.25, -0.2) is 0 Å². The van der Waals surface area contributed by atoms with E-state index in [2.05, 4.69) is 0 Å². The monoisotopic (exact) mass is 1550 g/mol. The minimum atomic E-state index is -1.43. The van der Waals surface area contributed by atoms with Crippen LogP contribution >= 0.6 is 0 Å². The Balaban J connectivity index is -0.000000113. The van der Waals surface area contributed by atoms with Crippen molar-refractivity contribution in [3.63, 3.8) is 0 Å². The van der Waals surface area contributed by atoms with Crippen LogP contribution in [0, 0.1) is 0 Å². The van der Waals surface area contributed by atoms with Gasteiger partial charge >= 0.3 is 52.4 Å². The van der Waals surface area contributed by atoms with Gasteiger partial charge in [-0.3, -0.25) is 76.7 Å². The fraction of sp³-hybridized carbons (Fsp3) is 0.625. The Kier molecular flexibility index (Phi) is 85.5. The number of hydrogen-bond donors (Lipinski definition) is 0. The van der Waals surface area contributed by atoms with E-state index in [1.807, 2.05) is 55.4 Å². The van der Waals surface area contributed by atoms with Gasteiger partial charge in [-0.05, 0) is 51.4 Å². The number of ketones is 16. The SMILES string of the molecule is CCCC(=O)CC(=O)CC(=O)[O-].CCCC(=O)CC(=O)CC(=O)[O-].CCCC(=O)CC(=O)CC(=O)[O-].CCCC(=O)CC(=O)CC(=O)[O-].CCCC(=O)CC(=O)CC(=O)[O-].CCCC(=O)CC(=O)CC(=O)[O-].CCCC(=O)CC(=O)CC(=O)[O-].CCCC(=O)CC(=O)CC(=O)[O-].[Zr+4].[Zr+4]. The van der Waals surface area contributed by atoms with E-state index in [4.69, 9.17) is 0 Å². The molecule has 0 unspecified atom stereocenters. The van der Waals surface area contributed by atoms with Gasteiger partial charge in [-0.15, -0.1) is 0 Å². The van der Waals surface area contributed by atoms with Crippen LogP contribution in [0.4, 0.5) is 0 Å². The summed E-state index contributed by atoms with van der Waals surface area (Å²) < 4.78 is 0. The molecule has 0 rings (SSSR count). The van der Waals surface area contributed by atoms with Crippen molar-refractivity contribution in [3.8, 4) is 0 Å². The molecule has 0 bridgehead atoms. The molecular weight excluding hydrogens is 1460 g/mol. The minimum Gasteiger partial charge on any atom is -0.550 e. The molecule has 0 saturated carbocycles. The van der Waals surface area contributed by atoms with Crippen LogP contribution in [0.25, 0.3) is 0 Å². The van der Waals surface area contributed by atoms with Gasteiger partial charge in [0.2, 0.25) is 0 Å². The van der Waals surface area contributed by atoms with Crippen LogP contribution < -0.4 is 40.9 Å². The van der Waals surface area contributed by atoms with Gasteiger partial charge in [0.05, 0.1) is 51.4 Å². The molecule has 0 aliphatic rings. The van der Waals surface area contributed by atoms with Crippen molar-refractivity contribution in [1.29, 1.82) is 0 Å². The van der Waals surface area contributed by atoms with Crippen molar-refractivity contribution in [2.75, 3.05) is 0 Å². The standard InChI is InChI=1S/8C8H12O4.2Zr/c8*1-2-3-6(9)4-7(10)5-8(11)12;;/h8*2-5H2,1H3,(H,11,12);;/q;;;;;;;;2*+4/p-8. The fourth-order valence-corrected chi connectivity index (χ4v) is 6.49. The summed E-state index contributed by atoms with van der Waals surface area (Å²) in [6.45, 7) is 14.6. The molecular formula is C64H88O32Zr2. The van der Waals surface area contributed by atoms with Crippen LogP contribution in [-0.4, -0.2) is 140 Å². The zero-order chi connectivity index (χ0) is 76.5. The number of carbonyl (C=O) groups is 24. The number of Topliss-reactive ketones (excluding diaryl/α,β-unsaturated/α-hetero) is 16. The Morgan fingerprint density at radius 3 is 0.265 bits per heavy atom. The van der Waals surface area contributed by atoms with Crippen molar-refractivity contribution in [1.82, 2.24) is 0 Å². The normalized spacial score (nSPS) is 9.22. The van der Waals surface area contributed by atoms with E-state index in [9.17, 15) is 156 Å². The first-order valence-electron chi connectivity index (χ1n) is 30.3. The second-order valence-electron chi connectivity index (χ2n) is 20.4. The van der Waals surface area contributed by atoms with Gasteiger partial charge in [-0.1, -0.05) is 55.4 Å². The first kappa shape index (κ1) is 112. The predicted octanol–water partition coefficient (Wildman–Crippen LogP) is -4.37. The van der Waals surface area contributed by atoms with Crippen molar-refractivity contribution >= 4 is 140 Å².